The van der Waals surface area contributed by atoms with Crippen LogP contribution in [0.1, 0.15) is 11.1 Å². The van der Waals surface area contributed by atoms with Crippen molar-refractivity contribution in [1.82, 2.24) is 9.97 Å². The molecule has 26 heavy (non-hydrogen) atoms. The summed E-state index contributed by atoms with van der Waals surface area (Å²) in [7, 11) is 0. The van der Waals surface area contributed by atoms with Gasteiger partial charge in [0.25, 0.3) is 0 Å². The number of rotatable bonds is 6. The van der Waals surface area contributed by atoms with E-state index < -0.39 is 0 Å². The predicted molar refractivity (Wildman–Crippen MR) is 105 cm³/mol. The zero-order chi connectivity index (χ0) is 18.4. The fourth-order valence-electron chi connectivity index (χ4n) is 2.37. The third-order valence-corrected chi connectivity index (χ3v) is 4.25. The van der Waals surface area contributed by atoms with Gasteiger partial charge in [-0.15, -0.1) is 0 Å². The maximum atomic E-state index is 9.16. The summed E-state index contributed by atoms with van der Waals surface area (Å²) in [5.74, 6) is 1.10. The van der Waals surface area contributed by atoms with Gasteiger partial charge in [-0.3, -0.25) is 0 Å². The number of halogens is 2. The van der Waals surface area contributed by atoms with E-state index in [0.717, 1.165) is 5.56 Å². The van der Waals surface area contributed by atoms with Crippen molar-refractivity contribution in [2.75, 3.05) is 17.2 Å². The lowest BCUT2D eigenvalue weighted by atomic mass is 10.1. The Bertz CT molecular complexity index is 953. The van der Waals surface area contributed by atoms with Crippen LogP contribution >= 0.6 is 23.2 Å². The van der Waals surface area contributed by atoms with Crippen molar-refractivity contribution in [3.05, 3.63) is 75.9 Å². The van der Waals surface area contributed by atoms with E-state index in [4.69, 9.17) is 28.5 Å². The molecule has 0 aliphatic rings. The fourth-order valence-corrected chi connectivity index (χ4v) is 2.88. The molecule has 0 saturated heterocycles. The molecule has 0 spiro atoms. The van der Waals surface area contributed by atoms with Crippen molar-refractivity contribution in [1.29, 1.82) is 5.26 Å². The van der Waals surface area contributed by atoms with E-state index in [2.05, 4.69) is 26.7 Å². The molecule has 0 amide bonds. The Morgan fingerprint density at radius 2 is 1.92 bits per heavy atom. The van der Waals surface area contributed by atoms with Gasteiger partial charge >= 0.3 is 0 Å². The maximum Gasteiger partial charge on any atom is 0.224 e. The first-order valence-corrected chi connectivity index (χ1v) is 8.68. The third-order valence-electron chi connectivity index (χ3n) is 3.66. The maximum absolute atomic E-state index is 9.16. The molecule has 3 rings (SSSR count). The molecule has 2 aromatic carbocycles. The highest BCUT2D eigenvalue weighted by Gasteiger charge is 2.05. The van der Waals surface area contributed by atoms with Gasteiger partial charge in [0.2, 0.25) is 5.95 Å². The van der Waals surface area contributed by atoms with Crippen LogP contribution in [-0.2, 0) is 6.42 Å². The summed E-state index contributed by atoms with van der Waals surface area (Å²) in [5, 5.41) is 16.7. The molecule has 130 valence electrons. The first-order valence-electron chi connectivity index (χ1n) is 7.93. The Morgan fingerprint density at radius 1 is 1.08 bits per heavy atom. The minimum atomic E-state index is 0.495. The summed E-state index contributed by atoms with van der Waals surface area (Å²) in [6, 6.07) is 16.6. The van der Waals surface area contributed by atoms with Crippen LogP contribution in [0, 0.1) is 11.3 Å². The van der Waals surface area contributed by atoms with E-state index in [9.17, 15) is 0 Å². The number of aromatic nitrogens is 2. The van der Waals surface area contributed by atoms with E-state index in [1.807, 2.05) is 30.3 Å². The van der Waals surface area contributed by atoms with Crippen LogP contribution in [0.15, 0.2) is 54.7 Å². The zero-order valence-electron chi connectivity index (χ0n) is 13.7. The van der Waals surface area contributed by atoms with Crippen LogP contribution in [0.25, 0.3) is 0 Å². The predicted octanol–water partition coefficient (Wildman–Crippen LogP) is 5.05. The summed E-state index contributed by atoms with van der Waals surface area (Å²) in [6.45, 7) is 0.625. The molecular weight excluding hydrogens is 369 g/mol. The average molecular weight is 384 g/mol. The van der Waals surface area contributed by atoms with Gasteiger partial charge in [-0.25, -0.2) is 4.98 Å². The van der Waals surface area contributed by atoms with Gasteiger partial charge in [0, 0.05) is 22.8 Å². The molecule has 0 unspecified atom stereocenters. The minimum Gasteiger partial charge on any atom is -0.354 e. The van der Waals surface area contributed by atoms with E-state index in [1.54, 1.807) is 24.4 Å². The van der Waals surface area contributed by atoms with Crippen LogP contribution in [-0.4, -0.2) is 16.5 Å². The van der Waals surface area contributed by atoms with E-state index >= 15 is 0 Å². The topological polar surface area (TPSA) is 73.6 Å². The number of para-hydroxylation sites is 1. The van der Waals surface area contributed by atoms with Crippen LogP contribution in [0.4, 0.5) is 17.5 Å². The molecule has 5 nitrogen and oxygen atoms in total. The van der Waals surface area contributed by atoms with Gasteiger partial charge in [-0.1, -0.05) is 41.4 Å². The molecule has 2 N–H and O–H groups in total. The molecule has 1 heterocycles. The van der Waals surface area contributed by atoms with Crippen LogP contribution in [0.5, 0.6) is 0 Å². The highest BCUT2D eigenvalue weighted by Crippen LogP contribution is 2.22. The zero-order valence-corrected chi connectivity index (χ0v) is 15.2. The first-order chi connectivity index (χ1) is 12.7. The standard InChI is InChI=1S/C19H15Cl2N5/c20-15-6-5-13(16(21)11-15)7-9-23-19-24-10-8-18(26-19)25-17-4-2-1-3-14(17)12-22/h1-6,8,10-11H,7,9H2,(H2,23,24,25,26). The Labute approximate surface area is 161 Å². The van der Waals surface area contributed by atoms with E-state index in [1.165, 1.54) is 0 Å². The lowest BCUT2D eigenvalue weighted by Crippen LogP contribution is -2.09. The van der Waals surface area contributed by atoms with Crippen molar-refractivity contribution in [3.8, 4) is 6.07 Å². The Kier molecular flexibility index (Phi) is 5.90. The summed E-state index contributed by atoms with van der Waals surface area (Å²) < 4.78 is 0. The molecule has 0 aliphatic carbocycles. The number of nitrogens with zero attached hydrogens (tertiary/aromatic N) is 3. The normalized spacial score (nSPS) is 10.2. The van der Waals surface area contributed by atoms with Gasteiger partial charge in [0.15, 0.2) is 0 Å². The summed E-state index contributed by atoms with van der Waals surface area (Å²) in [6.07, 6.45) is 2.37. The van der Waals surface area contributed by atoms with Crippen molar-refractivity contribution in [2.45, 2.75) is 6.42 Å². The lowest BCUT2D eigenvalue weighted by molar-refractivity contribution is 0.985. The second-order valence-electron chi connectivity index (χ2n) is 5.46. The lowest BCUT2D eigenvalue weighted by Gasteiger charge is -2.10. The average Bonchev–Trinajstić information content (AvgIpc) is 2.64. The molecular formula is C19H15Cl2N5. The van der Waals surface area contributed by atoms with Gasteiger partial charge in [0.05, 0.1) is 11.3 Å². The summed E-state index contributed by atoms with van der Waals surface area (Å²) in [5.41, 5.74) is 2.26. The second-order valence-corrected chi connectivity index (χ2v) is 6.30. The molecule has 0 aliphatic heterocycles. The van der Waals surface area contributed by atoms with Crippen LogP contribution < -0.4 is 10.6 Å². The van der Waals surface area contributed by atoms with Gasteiger partial charge < -0.3 is 10.6 Å². The Hall–Kier alpha value is -2.81. The van der Waals surface area contributed by atoms with Crippen molar-refractivity contribution in [3.63, 3.8) is 0 Å². The molecule has 1 aromatic heterocycles. The largest absolute Gasteiger partial charge is 0.354 e. The Balaban J connectivity index is 1.63. The molecule has 0 saturated carbocycles. The van der Waals surface area contributed by atoms with E-state index in [-0.39, 0.29) is 0 Å². The van der Waals surface area contributed by atoms with Crippen molar-refractivity contribution < 1.29 is 0 Å². The molecule has 0 fully saturated rings. The van der Waals surface area contributed by atoms with E-state index in [0.29, 0.717) is 46.0 Å². The molecule has 3 aromatic rings. The quantitative estimate of drug-likeness (QED) is 0.622. The first kappa shape index (κ1) is 18.0. The Morgan fingerprint density at radius 3 is 2.73 bits per heavy atom. The third kappa shape index (κ3) is 4.63. The monoisotopic (exact) mass is 383 g/mol. The highest BCUT2D eigenvalue weighted by molar-refractivity contribution is 6.35. The number of benzene rings is 2. The summed E-state index contributed by atoms with van der Waals surface area (Å²) in [4.78, 5) is 8.62. The van der Waals surface area contributed by atoms with Gasteiger partial charge in [-0.05, 0) is 42.3 Å². The van der Waals surface area contributed by atoms with Crippen LogP contribution in [0.2, 0.25) is 10.0 Å². The fraction of sp³-hybridized carbons (Fsp3) is 0.105. The molecule has 0 atom stereocenters. The number of nitrogens with one attached hydrogen (secondary N) is 2. The summed E-state index contributed by atoms with van der Waals surface area (Å²) >= 11 is 12.1. The van der Waals surface area contributed by atoms with Gasteiger partial charge in [0.1, 0.15) is 11.9 Å². The number of hydrogen-bond acceptors (Lipinski definition) is 5. The minimum absolute atomic E-state index is 0.495. The smallest absolute Gasteiger partial charge is 0.224 e. The molecule has 7 heteroatoms. The number of nitriles is 1. The number of hydrogen-bond donors (Lipinski definition) is 2. The van der Waals surface area contributed by atoms with Crippen molar-refractivity contribution in [2.24, 2.45) is 0 Å². The SMILES string of the molecule is N#Cc1ccccc1Nc1ccnc(NCCc2ccc(Cl)cc2Cl)n1. The molecule has 0 radical (unpaired) electrons. The van der Waals surface area contributed by atoms with Gasteiger partial charge in [-0.2, -0.15) is 10.2 Å². The second kappa shape index (κ2) is 8.52. The molecule has 0 bridgehead atoms. The van der Waals surface area contributed by atoms with Crippen LogP contribution in [0.3, 0.4) is 0 Å². The highest BCUT2D eigenvalue weighted by atomic mass is 35.5. The van der Waals surface area contributed by atoms with Crippen molar-refractivity contribution >= 4 is 40.7 Å². The number of anilines is 3.